The molecule has 0 radical (unpaired) electrons. The van der Waals surface area contributed by atoms with Gasteiger partial charge in [-0.25, -0.2) is 9.18 Å². The van der Waals surface area contributed by atoms with E-state index in [0.29, 0.717) is 18.7 Å². The summed E-state index contributed by atoms with van der Waals surface area (Å²) in [5, 5.41) is 2.59. The lowest BCUT2D eigenvalue weighted by molar-refractivity contribution is -0.120. The van der Waals surface area contributed by atoms with Crippen molar-refractivity contribution in [2.75, 3.05) is 29.4 Å². The van der Waals surface area contributed by atoms with Gasteiger partial charge in [-0.15, -0.1) is 0 Å². The zero-order valence-corrected chi connectivity index (χ0v) is 15.2. The number of piperidine rings is 1. The summed E-state index contributed by atoms with van der Waals surface area (Å²) in [6.07, 6.45) is -0.128. The summed E-state index contributed by atoms with van der Waals surface area (Å²) in [4.78, 5) is 37.8. The Labute approximate surface area is 155 Å². The molecule has 0 spiro atoms. The standard InChI is InChI=1S/C17H20FN3O4S/c1-10(22)19-8-12-9-21(17(24)25-12)11-2-3-15(14(18)6-11)20-5-4-13(26)7-16(20)23/h2-3,6,12-13,26H,4-5,7-9H2,1H3,(H,19,22)/t12-,13-/m0/s1. The lowest BCUT2D eigenvalue weighted by Crippen LogP contribution is -2.39. The molecule has 0 aromatic heterocycles. The van der Waals surface area contributed by atoms with Gasteiger partial charge in [0.15, 0.2) is 0 Å². The molecule has 2 aliphatic heterocycles. The third-order valence-corrected chi connectivity index (χ3v) is 4.82. The van der Waals surface area contributed by atoms with Gasteiger partial charge in [0.1, 0.15) is 11.9 Å². The molecule has 0 aliphatic carbocycles. The van der Waals surface area contributed by atoms with E-state index in [9.17, 15) is 18.8 Å². The summed E-state index contributed by atoms with van der Waals surface area (Å²) in [6, 6.07) is 4.30. The Bertz CT molecular complexity index is 745. The minimum absolute atomic E-state index is 0.000926. The van der Waals surface area contributed by atoms with Crippen molar-refractivity contribution in [3.8, 4) is 0 Å². The Morgan fingerprint density at radius 1 is 1.38 bits per heavy atom. The van der Waals surface area contributed by atoms with Crippen LogP contribution in [0.5, 0.6) is 0 Å². The second-order valence-electron chi connectivity index (χ2n) is 6.38. The summed E-state index contributed by atoms with van der Waals surface area (Å²) in [7, 11) is 0. The smallest absolute Gasteiger partial charge is 0.414 e. The van der Waals surface area contributed by atoms with Crippen molar-refractivity contribution >= 4 is 41.9 Å². The van der Waals surface area contributed by atoms with Crippen LogP contribution in [0.3, 0.4) is 0 Å². The predicted octanol–water partition coefficient (Wildman–Crippen LogP) is 1.71. The lowest BCUT2D eigenvalue weighted by atomic mass is 10.1. The second-order valence-corrected chi connectivity index (χ2v) is 7.11. The number of amides is 3. The SMILES string of the molecule is CC(=O)NC[C@H]1CN(c2ccc(N3CC[C@H](S)CC3=O)c(F)c2)C(=O)O1. The van der Waals surface area contributed by atoms with Crippen molar-refractivity contribution in [3.63, 3.8) is 0 Å². The Morgan fingerprint density at radius 3 is 2.81 bits per heavy atom. The average molecular weight is 381 g/mol. The number of thiol groups is 1. The molecule has 0 saturated carbocycles. The van der Waals surface area contributed by atoms with Crippen LogP contribution in [0.25, 0.3) is 0 Å². The zero-order valence-electron chi connectivity index (χ0n) is 14.3. The van der Waals surface area contributed by atoms with E-state index in [1.807, 2.05) is 0 Å². The van der Waals surface area contributed by atoms with E-state index in [1.165, 1.54) is 28.9 Å². The molecule has 7 nitrogen and oxygen atoms in total. The topological polar surface area (TPSA) is 79.0 Å². The third kappa shape index (κ3) is 3.92. The molecule has 9 heteroatoms. The van der Waals surface area contributed by atoms with Crippen LogP contribution >= 0.6 is 12.6 Å². The van der Waals surface area contributed by atoms with E-state index in [0.717, 1.165) is 0 Å². The Morgan fingerprint density at radius 2 is 2.15 bits per heavy atom. The van der Waals surface area contributed by atoms with E-state index in [1.54, 1.807) is 6.07 Å². The number of ether oxygens (including phenoxy) is 1. The highest BCUT2D eigenvalue weighted by Gasteiger charge is 2.33. The second kappa shape index (κ2) is 7.53. The van der Waals surface area contributed by atoms with Crippen LogP contribution in [0.4, 0.5) is 20.6 Å². The first-order valence-corrected chi connectivity index (χ1v) is 8.87. The van der Waals surface area contributed by atoms with Crippen LogP contribution in [0, 0.1) is 5.82 Å². The van der Waals surface area contributed by atoms with Crippen molar-refractivity contribution in [1.82, 2.24) is 5.32 Å². The molecule has 3 amide bonds. The van der Waals surface area contributed by atoms with E-state index < -0.39 is 18.0 Å². The highest BCUT2D eigenvalue weighted by Crippen LogP contribution is 2.30. The largest absolute Gasteiger partial charge is 0.442 e. The Kier molecular flexibility index (Phi) is 5.36. The van der Waals surface area contributed by atoms with E-state index in [2.05, 4.69) is 17.9 Å². The van der Waals surface area contributed by atoms with Crippen molar-refractivity contribution in [1.29, 1.82) is 0 Å². The van der Waals surface area contributed by atoms with Crippen LogP contribution in [0.1, 0.15) is 19.8 Å². The van der Waals surface area contributed by atoms with Gasteiger partial charge in [-0.2, -0.15) is 12.6 Å². The number of carbonyl (C=O) groups excluding carboxylic acids is 3. The quantitative estimate of drug-likeness (QED) is 0.779. The molecule has 1 N–H and O–H groups in total. The number of hydrogen-bond donors (Lipinski definition) is 2. The average Bonchev–Trinajstić information content (AvgIpc) is 2.94. The molecular weight excluding hydrogens is 361 g/mol. The molecule has 140 valence electrons. The molecule has 2 atom stereocenters. The number of halogens is 1. The van der Waals surface area contributed by atoms with Gasteiger partial charge in [-0.05, 0) is 24.6 Å². The van der Waals surface area contributed by atoms with E-state index >= 15 is 0 Å². The van der Waals surface area contributed by atoms with Gasteiger partial charge in [-0.3, -0.25) is 14.5 Å². The van der Waals surface area contributed by atoms with Gasteiger partial charge >= 0.3 is 6.09 Å². The summed E-state index contributed by atoms with van der Waals surface area (Å²) in [5.41, 5.74) is 0.541. The van der Waals surface area contributed by atoms with Gasteiger partial charge in [0.05, 0.1) is 24.5 Å². The predicted molar refractivity (Wildman–Crippen MR) is 97.1 cm³/mol. The number of benzene rings is 1. The van der Waals surface area contributed by atoms with Crippen LogP contribution in [-0.4, -0.2) is 48.9 Å². The highest BCUT2D eigenvalue weighted by molar-refractivity contribution is 7.81. The fourth-order valence-corrected chi connectivity index (χ4v) is 3.32. The molecule has 2 aliphatic rings. The maximum atomic E-state index is 14.6. The third-order valence-electron chi connectivity index (χ3n) is 4.38. The first kappa shape index (κ1) is 18.5. The van der Waals surface area contributed by atoms with Gasteiger partial charge in [-0.1, -0.05) is 0 Å². The molecule has 2 heterocycles. The number of anilines is 2. The Balaban J connectivity index is 1.72. The first-order chi connectivity index (χ1) is 12.3. The molecule has 0 unspecified atom stereocenters. The maximum Gasteiger partial charge on any atom is 0.414 e. The minimum atomic E-state index is -0.598. The van der Waals surface area contributed by atoms with Gasteiger partial charge in [0.2, 0.25) is 11.8 Å². The van der Waals surface area contributed by atoms with Gasteiger partial charge in [0.25, 0.3) is 0 Å². The monoisotopic (exact) mass is 381 g/mol. The summed E-state index contributed by atoms with van der Waals surface area (Å²) >= 11 is 4.30. The van der Waals surface area contributed by atoms with E-state index in [-0.39, 0.29) is 42.3 Å². The number of nitrogens with one attached hydrogen (secondary N) is 1. The van der Waals surface area contributed by atoms with Crippen molar-refractivity contribution in [2.45, 2.75) is 31.1 Å². The fraction of sp³-hybridized carbons (Fsp3) is 0.471. The van der Waals surface area contributed by atoms with Crippen molar-refractivity contribution in [2.24, 2.45) is 0 Å². The number of carbonyl (C=O) groups is 3. The van der Waals surface area contributed by atoms with Crippen molar-refractivity contribution < 1.29 is 23.5 Å². The number of hydrogen-bond acceptors (Lipinski definition) is 5. The zero-order chi connectivity index (χ0) is 18.8. The van der Waals surface area contributed by atoms with Crippen molar-refractivity contribution in [3.05, 3.63) is 24.0 Å². The summed E-state index contributed by atoms with van der Waals surface area (Å²) in [6.45, 7) is 2.20. The lowest BCUT2D eigenvalue weighted by Gasteiger charge is -2.30. The first-order valence-electron chi connectivity index (χ1n) is 8.35. The number of rotatable bonds is 4. The van der Waals surface area contributed by atoms with Crippen LogP contribution in [-0.2, 0) is 14.3 Å². The minimum Gasteiger partial charge on any atom is -0.442 e. The molecular formula is C17H20FN3O4S. The maximum absolute atomic E-state index is 14.6. The number of nitrogens with zero attached hydrogens (tertiary/aromatic N) is 2. The summed E-state index contributed by atoms with van der Waals surface area (Å²) < 4.78 is 19.8. The van der Waals surface area contributed by atoms with Gasteiger partial charge in [0, 0.05) is 25.1 Å². The molecule has 0 bridgehead atoms. The fourth-order valence-electron chi connectivity index (χ4n) is 3.05. The highest BCUT2D eigenvalue weighted by atomic mass is 32.1. The van der Waals surface area contributed by atoms with Gasteiger partial charge < -0.3 is 15.0 Å². The molecule has 3 rings (SSSR count). The molecule has 2 fully saturated rings. The van der Waals surface area contributed by atoms with E-state index in [4.69, 9.17) is 4.74 Å². The molecule has 1 aromatic rings. The molecule has 26 heavy (non-hydrogen) atoms. The van der Waals surface area contributed by atoms with Crippen LogP contribution in [0.2, 0.25) is 0 Å². The van der Waals surface area contributed by atoms with Crippen LogP contribution in [0.15, 0.2) is 18.2 Å². The summed E-state index contributed by atoms with van der Waals surface area (Å²) in [5.74, 6) is -0.963. The normalized spacial score (nSPS) is 23.2. The Hall–Kier alpha value is -2.29. The molecule has 2 saturated heterocycles. The van der Waals surface area contributed by atoms with Crippen LogP contribution < -0.4 is 15.1 Å². The molecule has 1 aromatic carbocycles. The number of cyclic esters (lactones) is 1.